The standard InChI is InChI=1S/C19H18ClN3O/c1-14-2-4-15(5-3-14)10-19(24)21-11-16-12-22-23(13-16)18-8-6-17(20)7-9-18/h2-9,12-13H,10-11H2,1H3,(H,21,24). The number of aromatic nitrogens is 2. The molecule has 0 bridgehead atoms. The molecule has 1 amide bonds. The number of carbonyl (C=O) groups is 1. The highest BCUT2D eigenvalue weighted by Gasteiger charge is 2.05. The van der Waals surface area contributed by atoms with E-state index < -0.39 is 0 Å². The molecule has 1 heterocycles. The zero-order valence-electron chi connectivity index (χ0n) is 13.4. The van der Waals surface area contributed by atoms with Gasteiger partial charge in [0.2, 0.25) is 5.91 Å². The minimum Gasteiger partial charge on any atom is -0.352 e. The summed E-state index contributed by atoms with van der Waals surface area (Å²) in [6, 6.07) is 15.4. The molecular formula is C19H18ClN3O. The SMILES string of the molecule is Cc1ccc(CC(=O)NCc2cnn(-c3ccc(Cl)cc3)c2)cc1. The van der Waals surface area contributed by atoms with Gasteiger partial charge in [0, 0.05) is 23.3 Å². The molecular weight excluding hydrogens is 322 g/mol. The van der Waals surface area contributed by atoms with E-state index in [9.17, 15) is 4.79 Å². The second kappa shape index (κ2) is 7.32. The molecule has 1 aromatic heterocycles. The fourth-order valence-electron chi connectivity index (χ4n) is 2.34. The third-order valence-electron chi connectivity index (χ3n) is 3.70. The summed E-state index contributed by atoms with van der Waals surface area (Å²) in [6.45, 7) is 2.49. The van der Waals surface area contributed by atoms with Crippen molar-refractivity contribution in [3.05, 3.63) is 82.6 Å². The van der Waals surface area contributed by atoms with Crippen molar-refractivity contribution in [3.8, 4) is 5.69 Å². The van der Waals surface area contributed by atoms with Gasteiger partial charge >= 0.3 is 0 Å². The molecule has 0 saturated heterocycles. The van der Waals surface area contributed by atoms with Gasteiger partial charge in [-0.25, -0.2) is 4.68 Å². The summed E-state index contributed by atoms with van der Waals surface area (Å²) < 4.78 is 1.76. The van der Waals surface area contributed by atoms with Crippen LogP contribution in [-0.2, 0) is 17.8 Å². The molecule has 122 valence electrons. The van der Waals surface area contributed by atoms with Crippen molar-refractivity contribution in [1.29, 1.82) is 0 Å². The zero-order valence-corrected chi connectivity index (χ0v) is 14.1. The molecule has 0 unspecified atom stereocenters. The summed E-state index contributed by atoms with van der Waals surface area (Å²) in [7, 11) is 0. The van der Waals surface area contributed by atoms with Crippen molar-refractivity contribution in [1.82, 2.24) is 15.1 Å². The van der Waals surface area contributed by atoms with Gasteiger partial charge in [-0.1, -0.05) is 41.4 Å². The Labute approximate surface area is 146 Å². The van der Waals surface area contributed by atoms with Crippen LogP contribution < -0.4 is 5.32 Å². The van der Waals surface area contributed by atoms with Gasteiger partial charge in [0.05, 0.1) is 18.3 Å². The Kier molecular flexibility index (Phi) is 4.96. The first kappa shape index (κ1) is 16.3. The number of halogens is 1. The summed E-state index contributed by atoms with van der Waals surface area (Å²) in [5.74, 6) is -0.00176. The van der Waals surface area contributed by atoms with E-state index in [0.717, 1.165) is 16.8 Å². The Morgan fingerprint density at radius 1 is 1.08 bits per heavy atom. The van der Waals surface area contributed by atoms with Gasteiger partial charge in [0.15, 0.2) is 0 Å². The highest BCUT2D eigenvalue weighted by Crippen LogP contribution is 2.13. The molecule has 0 aliphatic heterocycles. The van der Waals surface area contributed by atoms with Crippen molar-refractivity contribution in [2.24, 2.45) is 0 Å². The van der Waals surface area contributed by atoms with E-state index in [2.05, 4.69) is 10.4 Å². The lowest BCUT2D eigenvalue weighted by molar-refractivity contribution is -0.120. The van der Waals surface area contributed by atoms with Crippen LogP contribution >= 0.6 is 11.6 Å². The van der Waals surface area contributed by atoms with Gasteiger partial charge in [0.25, 0.3) is 0 Å². The monoisotopic (exact) mass is 339 g/mol. The van der Waals surface area contributed by atoms with E-state index >= 15 is 0 Å². The Balaban J connectivity index is 1.56. The van der Waals surface area contributed by atoms with Crippen LogP contribution in [0, 0.1) is 6.92 Å². The molecule has 0 fully saturated rings. The summed E-state index contributed by atoms with van der Waals surface area (Å²) in [5.41, 5.74) is 4.07. The Hall–Kier alpha value is -2.59. The number of carbonyl (C=O) groups excluding carboxylic acids is 1. The molecule has 2 aromatic carbocycles. The molecule has 5 heteroatoms. The molecule has 0 aliphatic carbocycles. The molecule has 0 radical (unpaired) electrons. The van der Waals surface area contributed by atoms with E-state index in [-0.39, 0.29) is 5.91 Å². The lowest BCUT2D eigenvalue weighted by Crippen LogP contribution is -2.24. The first-order valence-corrected chi connectivity index (χ1v) is 8.10. The average Bonchev–Trinajstić information content (AvgIpc) is 3.05. The number of nitrogens with zero attached hydrogens (tertiary/aromatic N) is 2. The topological polar surface area (TPSA) is 46.9 Å². The Bertz CT molecular complexity index is 823. The second-order valence-corrected chi connectivity index (χ2v) is 6.15. The van der Waals surface area contributed by atoms with E-state index in [1.54, 1.807) is 10.9 Å². The lowest BCUT2D eigenvalue weighted by Gasteiger charge is -2.04. The van der Waals surface area contributed by atoms with Crippen LogP contribution in [0.15, 0.2) is 60.9 Å². The lowest BCUT2D eigenvalue weighted by atomic mass is 10.1. The molecule has 3 aromatic rings. The zero-order chi connectivity index (χ0) is 16.9. The van der Waals surface area contributed by atoms with Gasteiger partial charge in [-0.2, -0.15) is 5.10 Å². The van der Waals surface area contributed by atoms with E-state index in [4.69, 9.17) is 11.6 Å². The summed E-state index contributed by atoms with van der Waals surface area (Å²) in [5, 5.41) is 7.92. The number of hydrogen-bond donors (Lipinski definition) is 1. The predicted octanol–water partition coefficient (Wildman–Crippen LogP) is 3.69. The molecule has 0 atom stereocenters. The maximum atomic E-state index is 12.0. The van der Waals surface area contributed by atoms with Gasteiger partial charge in [-0.3, -0.25) is 4.79 Å². The molecule has 3 rings (SSSR count). The van der Waals surface area contributed by atoms with Crippen molar-refractivity contribution in [2.75, 3.05) is 0 Å². The first-order valence-electron chi connectivity index (χ1n) is 7.72. The van der Waals surface area contributed by atoms with E-state index in [1.165, 1.54) is 5.56 Å². The second-order valence-electron chi connectivity index (χ2n) is 5.71. The van der Waals surface area contributed by atoms with Crippen LogP contribution in [0.2, 0.25) is 5.02 Å². The normalized spacial score (nSPS) is 10.6. The van der Waals surface area contributed by atoms with Crippen LogP contribution in [0.4, 0.5) is 0 Å². The highest BCUT2D eigenvalue weighted by molar-refractivity contribution is 6.30. The summed E-state index contributed by atoms with van der Waals surface area (Å²) >= 11 is 5.89. The van der Waals surface area contributed by atoms with Gasteiger partial charge < -0.3 is 5.32 Å². The summed E-state index contributed by atoms with van der Waals surface area (Å²) in [4.78, 5) is 12.0. The smallest absolute Gasteiger partial charge is 0.224 e. The Morgan fingerprint density at radius 2 is 1.79 bits per heavy atom. The van der Waals surface area contributed by atoms with Crippen molar-refractivity contribution in [3.63, 3.8) is 0 Å². The maximum Gasteiger partial charge on any atom is 0.224 e. The molecule has 4 nitrogen and oxygen atoms in total. The van der Waals surface area contributed by atoms with Crippen LogP contribution in [-0.4, -0.2) is 15.7 Å². The fourth-order valence-corrected chi connectivity index (χ4v) is 2.47. The third-order valence-corrected chi connectivity index (χ3v) is 3.95. The quantitative estimate of drug-likeness (QED) is 0.770. The van der Waals surface area contributed by atoms with Crippen molar-refractivity contribution < 1.29 is 4.79 Å². The number of hydrogen-bond acceptors (Lipinski definition) is 2. The molecule has 0 aliphatic rings. The molecule has 0 saturated carbocycles. The fraction of sp³-hybridized carbons (Fsp3) is 0.158. The number of aryl methyl sites for hydroxylation is 1. The average molecular weight is 340 g/mol. The largest absolute Gasteiger partial charge is 0.352 e. The van der Waals surface area contributed by atoms with Gasteiger partial charge in [0.1, 0.15) is 0 Å². The minimum absolute atomic E-state index is 0.00176. The highest BCUT2D eigenvalue weighted by atomic mass is 35.5. The summed E-state index contributed by atoms with van der Waals surface area (Å²) in [6.07, 6.45) is 4.03. The van der Waals surface area contributed by atoms with E-state index in [1.807, 2.05) is 61.7 Å². The van der Waals surface area contributed by atoms with Crippen LogP contribution in [0.5, 0.6) is 0 Å². The van der Waals surface area contributed by atoms with Gasteiger partial charge in [-0.05, 0) is 36.8 Å². The number of amides is 1. The van der Waals surface area contributed by atoms with Crippen LogP contribution in [0.25, 0.3) is 5.69 Å². The third kappa shape index (κ3) is 4.24. The number of nitrogens with one attached hydrogen (secondary N) is 1. The predicted molar refractivity (Wildman–Crippen MR) is 95.3 cm³/mol. The molecule has 0 spiro atoms. The van der Waals surface area contributed by atoms with Gasteiger partial charge in [-0.15, -0.1) is 0 Å². The molecule has 1 N–H and O–H groups in total. The Morgan fingerprint density at radius 3 is 2.50 bits per heavy atom. The van der Waals surface area contributed by atoms with Crippen LogP contribution in [0.1, 0.15) is 16.7 Å². The maximum absolute atomic E-state index is 12.0. The van der Waals surface area contributed by atoms with Crippen molar-refractivity contribution >= 4 is 17.5 Å². The first-order chi connectivity index (χ1) is 11.6. The van der Waals surface area contributed by atoms with Crippen LogP contribution in [0.3, 0.4) is 0 Å². The van der Waals surface area contributed by atoms with Crippen molar-refractivity contribution in [2.45, 2.75) is 19.9 Å². The van der Waals surface area contributed by atoms with E-state index in [0.29, 0.717) is 18.0 Å². The number of benzene rings is 2. The number of rotatable bonds is 5. The molecule has 24 heavy (non-hydrogen) atoms. The minimum atomic E-state index is -0.00176.